The Labute approximate surface area is 189 Å². The van der Waals surface area contributed by atoms with E-state index in [1.165, 1.54) is 19.8 Å². The minimum Gasteiger partial charge on any atom is -0.502 e. The molecular formula is C23H29ClN2O5. The van der Waals surface area contributed by atoms with Crippen molar-refractivity contribution in [2.75, 3.05) is 34.4 Å². The van der Waals surface area contributed by atoms with Crippen LogP contribution < -0.4 is 14.2 Å². The summed E-state index contributed by atoms with van der Waals surface area (Å²) in [5, 5.41) is 10.0. The molecule has 7 nitrogen and oxygen atoms in total. The summed E-state index contributed by atoms with van der Waals surface area (Å²) in [7, 11) is 5.05. The molecular weight excluding hydrogens is 420 g/mol. The molecule has 0 atom stereocenters. The normalized spacial score (nSPS) is 10.6. The molecule has 0 saturated heterocycles. The smallest absolute Gasteiger partial charge is 0.226 e. The van der Waals surface area contributed by atoms with E-state index in [9.17, 15) is 5.11 Å². The van der Waals surface area contributed by atoms with E-state index < -0.39 is 0 Å². The molecule has 0 radical (unpaired) electrons. The van der Waals surface area contributed by atoms with Crippen LogP contribution in [0, 0.1) is 0 Å². The van der Waals surface area contributed by atoms with E-state index in [2.05, 4.69) is 36.0 Å². The molecule has 0 amide bonds. The van der Waals surface area contributed by atoms with Crippen molar-refractivity contribution in [2.24, 2.45) is 0 Å². The van der Waals surface area contributed by atoms with Gasteiger partial charge in [-0.15, -0.1) is 12.4 Å². The van der Waals surface area contributed by atoms with E-state index in [1.807, 2.05) is 12.1 Å². The van der Waals surface area contributed by atoms with Gasteiger partial charge in [0.05, 0.1) is 26.5 Å². The summed E-state index contributed by atoms with van der Waals surface area (Å²) in [6.07, 6.45) is 2.21. The van der Waals surface area contributed by atoms with Crippen molar-refractivity contribution < 1.29 is 23.7 Å². The first-order chi connectivity index (χ1) is 14.5. The minimum absolute atomic E-state index is 0. The Morgan fingerprint density at radius 3 is 2.29 bits per heavy atom. The fourth-order valence-electron chi connectivity index (χ4n) is 2.96. The summed E-state index contributed by atoms with van der Waals surface area (Å²) in [6, 6.07) is 11.5. The lowest BCUT2D eigenvalue weighted by atomic mass is 10.2. The number of rotatable bonds is 10. The topological polar surface area (TPSA) is 77.2 Å². The zero-order chi connectivity index (χ0) is 21.5. The van der Waals surface area contributed by atoms with Crippen LogP contribution in [0.25, 0.3) is 11.5 Å². The number of methoxy groups -OCH3 is 2. The largest absolute Gasteiger partial charge is 0.502 e. The number of phenolic OH excluding ortho intramolecular Hbond substituents is 1. The van der Waals surface area contributed by atoms with Gasteiger partial charge in [-0.05, 0) is 43.4 Å². The Morgan fingerprint density at radius 2 is 1.71 bits per heavy atom. The number of ether oxygens (including phenoxy) is 3. The zero-order valence-corrected chi connectivity index (χ0v) is 19.1. The highest BCUT2D eigenvalue weighted by atomic mass is 35.5. The molecule has 0 saturated carbocycles. The summed E-state index contributed by atoms with van der Waals surface area (Å²) in [5.41, 5.74) is 2.69. The van der Waals surface area contributed by atoms with E-state index in [0.29, 0.717) is 36.0 Å². The van der Waals surface area contributed by atoms with E-state index in [0.717, 1.165) is 24.5 Å². The molecule has 8 heteroatoms. The fourth-order valence-corrected chi connectivity index (χ4v) is 2.96. The molecule has 0 unspecified atom stereocenters. The Bertz CT molecular complexity index is 934. The second-order valence-electron chi connectivity index (χ2n) is 6.95. The van der Waals surface area contributed by atoms with Gasteiger partial charge in [0.15, 0.2) is 11.5 Å². The average molecular weight is 449 g/mol. The van der Waals surface area contributed by atoms with Gasteiger partial charge >= 0.3 is 0 Å². The second kappa shape index (κ2) is 11.5. The van der Waals surface area contributed by atoms with Crippen molar-refractivity contribution >= 4 is 12.4 Å². The Morgan fingerprint density at radius 1 is 1.06 bits per heavy atom. The standard InChI is InChI=1S/C23H28N2O5.ClH/c1-5-25(2)14-16-6-8-19(9-7-16)29-11-10-18-15-30-23(24-18)17-12-20(27-3)22(26)21(13-17)28-4;/h6-9,12-13,15,26H,5,10-11,14H2,1-4H3;1H. The Balaban J connectivity index is 0.00000341. The summed E-state index contributed by atoms with van der Waals surface area (Å²) in [6.45, 7) is 4.57. The first kappa shape index (κ1) is 24.4. The van der Waals surface area contributed by atoms with Gasteiger partial charge in [-0.25, -0.2) is 4.98 Å². The molecule has 3 rings (SSSR count). The van der Waals surface area contributed by atoms with Gasteiger partial charge in [-0.2, -0.15) is 0 Å². The minimum atomic E-state index is -0.0590. The van der Waals surface area contributed by atoms with Crippen LogP contribution in [0.4, 0.5) is 0 Å². The van der Waals surface area contributed by atoms with Crippen LogP contribution in [0.15, 0.2) is 47.1 Å². The molecule has 3 aromatic rings. The maximum absolute atomic E-state index is 10.0. The molecule has 1 aromatic heterocycles. The maximum atomic E-state index is 10.0. The number of oxazole rings is 1. The fraction of sp³-hybridized carbons (Fsp3) is 0.348. The van der Waals surface area contributed by atoms with Crippen molar-refractivity contribution in [3.05, 3.63) is 53.9 Å². The van der Waals surface area contributed by atoms with E-state index in [-0.39, 0.29) is 18.2 Å². The molecule has 31 heavy (non-hydrogen) atoms. The van der Waals surface area contributed by atoms with Gasteiger partial charge in [-0.3, -0.25) is 0 Å². The molecule has 0 aliphatic rings. The number of benzene rings is 2. The van der Waals surface area contributed by atoms with E-state index >= 15 is 0 Å². The number of aromatic hydroxyl groups is 1. The Kier molecular flexibility index (Phi) is 9.03. The lowest BCUT2D eigenvalue weighted by molar-refractivity contribution is 0.319. The van der Waals surface area contributed by atoms with Crippen molar-refractivity contribution in [3.8, 4) is 34.5 Å². The summed E-state index contributed by atoms with van der Waals surface area (Å²) >= 11 is 0. The predicted molar refractivity (Wildman–Crippen MR) is 122 cm³/mol. The number of hydrogen-bond acceptors (Lipinski definition) is 7. The van der Waals surface area contributed by atoms with Crippen LogP contribution in [0.3, 0.4) is 0 Å². The molecule has 2 aromatic carbocycles. The monoisotopic (exact) mass is 448 g/mol. The number of hydrogen-bond donors (Lipinski definition) is 1. The average Bonchev–Trinajstić information content (AvgIpc) is 3.24. The van der Waals surface area contributed by atoms with E-state index in [4.69, 9.17) is 18.6 Å². The maximum Gasteiger partial charge on any atom is 0.226 e. The lowest BCUT2D eigenvalue weighted by Gasteiger charge is -2.14. The van der Waals surface area contributed by atoms with Crippen LogP contribution in [-0.2, 0) is 13.0 Å². The van der Waals surface area contributed by atoms with Crippen LogP contribution in [0.1, 0.15) is 18.2 Å². The molecule has 0 bridgehead atoms. The molecule has 0 spiro atoms. The molecule has 168 valence electrons. The van der Waals surface area contributed by atoms with Crippen LogP contribution in [-0.4, -0.2) is 49.4 Å². The van der Waals surface area contributed by atoms with Gasteiger partial charge in [0.25, 0.3) is 0 Å². The van der Waals surface area contributed by atoms with Crippen molar-refractivity contribution in [1.82, 2.24) is 9.88 Å². The molecule has 1 N–H and O–H groups in total. The third-order valence-electron chi connectivity index (χ3n) is 4.82. The zero-order valence-electron chi connectivity index (χ0n) is 18.3. The quantitative estimate of drug-likeness (QED) is 0.487. The lowest BCUT2D eigenvalue weighted by Crippen LogP contribution is -2.16. The SMILES string of the molecule is CCN(C)Cc1ccc(OCCc2coc(-c3cc(OC)c(O)c(OC)c3)n2)cc1.Cl. The van der Waals surface area contributed by atoms with Gasteiger partial charge in [0, 0.05) is 18.5 Å². The molecule has 0 aliphatic carbocycles. The number of nitrogens with zero attached hydrogens (tertiary/aromatic N) is 2. The molecule has 1 heterocycles. The van der Waals surface area contributed by atoms with Crippen molar-refractivity contribution in [2.45, 2.75) is 19.9 Å². The van der Waals surface area contributed by atoms with Crippen molar-refractivity contribution in [1.29, 1.82) is 0 Å². The summed E-state index contributed by atoms with van der Waals surface area (Å²) in [4.78, 5) is 6.75. The van der Waals surface area contributed by atoms with Gasteiger partial charge in [0.2, 0.25) is 11.6 Å². The number of phenols is 1. The van der Waals surface area contributed by atoms with Gasteiger partial charge in [0.1, 0.15) is 12.0 Å². The Hall–Kier alpha value is -2.90. The summed E-state index contributed by atoms with van der Waals surface area (Å²) in [5.74, 6) is 1.78. The highest BCUT2D eigenvalue weighted by molar-refractivity contribution is 5.85. The van der Waals surface area contributed by atoms with E-state index in [1.54, 1.807) is 18.4 Å². The first-order valence-electron chi connectivity index (χ1n) is 9.84. The predicted octanol–water partition coefficient (Wildman–Crippen LogP) is 4.56. The third kappa shape index (κ3) is 6.29. The van der Waals surface area contributed by atoms with Crippen LogP contribution >= 0.6 is 12.4 Å². The highest BCUT2D eigenvalue weighted by Gasteiger charge is 2.15. The number of halogens is 1. The van der Waals surface area contributed by atoms with Gasteiger partial charge < -0.3 is 28.6 Å². The van der Waals surface area contributed by atoms with Crippen LogP contribution in [0.5, 0.6) is 23.0 Å². The third-order valence-corrected chi connectivity index (χ3v) is 4.82. The van der Waals surface area contributed by atoms with Crippen LogP contribution in [0.2, 0.25) is 0 Å². The second-order valence-corrected chi connectivity index (χ2v) is 6.95. The first-order valence-corrected chi connectivity index (χ1v) is 9.84. The van der Waals surface area contributed by atoms with Crippen molar-refractivity contribution in [3.63, 3.8) is 0 Å². The van der Waals surface area contributed by atoms with Gasteiger partial charge in [-0.1, -0.05) is 19.1 Å². The number of aromatic nitrogens is 1. The highest BCUT2D eigenvalue weighted by Crippen LogP contribution is 2.40. The summed E-state index contributed by atoms with van der Waals surface area (Å²) < 4.78 is 21.8. The molecule has 0 aliphatic heterocycles. The molecule has 0 fully saturated rings.